The van der Waals surface area contributed by atoms with Gasteiger partial charge in [-0.15, -0.1) is 0 Å². The second-order valence-electron chi connectivity index (χ2n) is 6.72. The van der Waals surface area contributed by atoms with Gasteiger partial charge in [0.2, 0.25) is 0 Å². The molecule has 6 heteroatoms. The molecule has 2 amide bonds. The monoisotopic (exact) mass is 371 g/mol. The molecule has 1 aliphatic rings. The van der Waals surface area contributed by atoms with Crippen LogP contribution < -0.4 is 15.4 Å². The summed E-state index contributed by atoms with van der Waals surface area (Å²) in [6, 6.07) is 14.0. The zero-order valence-corrected chi connectivity index (χ0v) is 15.6. The summed E-state index contributed by atoms with van der Waals surface area (Å²) >= 11 is 0. The van der Waals surface area contributed by atoms with Crippen LogP contribution in [0.25, 0.3) is 0 Å². The molecular formula is C21H26FN3O2. The lowest BCUT2D eigenvalue weighted by Gasteiger charge is -2.28. The van der Waals surface area contributed by atoms with Gasteiger partial charge in [0.05, 0.1) is 13.2 Å². The van der Waals surface area contributed by atoms with Crippen LogP contribution in [0.3, 0.4) is 0 Å². The minimum Gasteiger partial charge on any atom is -0.497 e. The van der Waals surface area contributed by atoms with Crippen molar-refractivity contribution in [3.8, 4) is 5.75 Å². The normalized spacial score (nSPS) is 15.3. The number of carbonyl (C=O) groups excluding carboxylic acids is 1. The van der Waals surface area contributed by atoms with E-state index in [9.17, 15) is 9.18 Å². The number of amides is 2. The van der Waals surface area contributed by atoms with Crippen LogP contribution in [0.1, 0.15) is 30.0 Å². The summed E-state index contributed by atoms with van der Waals surface area (Å²) in [7, 11) is 1.65. The van der Waals surface area contributed by atoms with Gasteiger partial charge in [-0.05, 0) is 61.3 Å². The van der Waals surface area contributed by atoms with Crippen LogP contribution in [0.15, 0.2) is 48.5 Å². The number of hydrogen-bond acceptors (Lipinski definition) is 3. The maximum absolute atomic E-state index is 12.9. The molecule has 0 bridgehead atoms. The van der Waals surface area contributed by atoms with Crippen LogP contribution >= 0.6 is 0 Å². The van der Waals surface area contributed by atoms with Gasteiger partial charge in [0, 0.05) is 13.1 Å². The number of nitrogens with one attached hydrogen (secondary N) is 2. The van der Waals surface area contributed by atoms with E-state index < -0.39 is 0 Å². The summed E-state index contributed by atoms with van der Waals surface area (Å²) in [5.74, 6) is 0.542. The third-order valence-corrected chi connectivity index (χ3v) is 4.90. The van der Waals surface area contributed by atoms with Crippen molar-refractivity contribution in [1.82, 2.24) is 15.5 Å². The van der Waals surface area contributed by atoms with Gasteiger partial charge in [-0.25, -0.2) is 9.18 Å². The van der Waals surface area contributed by atoms with Gasteiger partial charge in [-0.3, -0.25) is 4.90 Å². The molecular weight excluding hydrogens is 345 g/mol. The first kappa shape index (κ1) is 19.2. The number of benzene rings is 2. The minimum absolute atomic E-state index is 0.134. The molecule has 2 aromatic carbocycles. The van der Waals surface area contributed by atoms with Crippen LogP contribution in [0.2, 0.25) is 0 Å². The third-order valence-electron chi connectivity index (χ3n) is 4.90. The Balaban J connectivity index is 1.56. The average Bonchev–Trinajstić information content (AvgIpc) is 3.23. The Bertz CT molecular complexity index is 728. The number of ether oxygens (including phenoxy) is 1. The van der Waals surface area contributed by atoms with Crippen molar-refractivity contribution in [2.75, 3.05) is 26.7 Å². The van der Waals surface area contributed by atoms with Gasteiger partial charge >= 0.3 is 6.03 Å². The summed E-state index contributed by atoms with van der Waals surface area (Å²) in [6.45, 7) is 2.97. The van der Waals surface area contributed by atoms with Crippen molar-refractivity contribution in [2.45, 2.75) is 25.4 Å². The minimum atomic E-state index is -0.281. The number of rotatable bonds is 7. The number of carbonyl (C=O) groups is 1. The Morgan fingerprint density at radius 1 is 1.07 bits per heavy atom. The molecule has 1 unspecified atom stereocenters. The first-order valence-corrected chi connectivity index (χ1v) is 9.30. The van der Waals surface area contributed by atoms with Crippen molar-refractivity contribution in [3.63, 3.8) is 0 Å². The highest BCUT2D eigenvalue weighted by atomic mass is 19.1. The van der Waals surface area contributed by atoms with Gasteiger partial charge < -0.3 is 15.4 Å². The van der Waals surface area contributed by atoms with Crippen LogP contribution in [-0.4, -0.2) is 37.7 Å². The van der Waals surface area contributed by atoms with E-state index in [4.69, 9.17) is 4.74 Å². The molecule has 1 aliphatic heterocycles. The fourth-order valence-electron chi connectivity index (χ4n) is 3.37. The van der Waals surface area contributed by atoms with Crippen molar-refractivity contribution in [1.29, 1.82) is 0 Å². The van der Waals surface area contributed by atoms with E-state index in [1.54, 1.807) is 19.2 Å². The van der Waals surface area contributed by atoms with Gasteiger partial charge in [0.25, 0.3) is 0 Å². The summed E-state index contributed by atoms with van der Waals surface area (Å²) in [4.78, 5) is 14.6. The van der Waals surface area contributed by atoms with Crippen LogP contribution in [-0.2, 0) is 6.54 Å². The maximum atomic E-state index is 12.9. The van der Waals surface area contributed by atoms with Crippen molar-refractivity contribution in [2.24, 2.45) is 0 Å². The molecule has 2 N–H and O–H groups in total. The zero-order valence-electron chi connectivity index (χ0n) is 15.6. The SMILES string of the molecule is COc1ccc(C(CNC(=O)NCc2ccc(F)cc2)N2CCCC2)cc1. The summed E-state index contributed by atoms with van der Waals surface area (Å²) in [5.41, 5.74) is 2.02. The fraction of sp³-hybridized carbons (Fsp3) is 0.381. The Morgan fingerprint density at radius 3 is 2.37 bits per heavy atom. The van der Waals surface area contributed by atoms with Gasteiger partial charge in [0.15, 0.2) is 0 Å². The number of likely N-dealkylation sites (tertiary alicyclic amines) is 1. The molecule has 144 valence electrons. The highest BCUT2D eigenvalue weighted by molar-refractivity contribution is 5.73. The van der Waals surface area contributed by atoms with Gasteiger partial charge in [-0.1, -0.05) is 24.3 Å². The average molecular weight is 371 g/mol. The third kappa shape index (κ3) is 5.44. The van der Waals surface area contributed by atoms with Crippen LogP contribution in [0.5, 0.6) is 5.75 Å². The van der Waals surface area contributed by atoms with E-state index in [2.05, 4.69) is 27.7 Å². The molecule has 27 heavy (non-hydrogen) atoms. The van der Waals surface area contributed by atoms with Crippen LogP contribution in [0.4, 0.5) is 9.18 Å². The Kier molecular flexibility index (Phi) is 6.65. The maximum Gasteiger partial charge on any atom is 0.315 e. The molecule has 2 aromatic rings. The Hall–Kier alpha value is -2.60. The van der Waals surface area contributed by atoms with Crippen molar-refractivity contribution >= 4 is 6.03 Å². The predicted octanol–water partition coefficient (Wildman–Crippen LogP) is 3.47. The Morgan fingerprint density at radius 2 is 1.74 bits per heavy atom. The second-order valence-corrected chi connectivity index (χ2v) is 6.72. The highest BCUT2D eigenvalue weighted by Crippen LogP contribution is 2.26. The van der Waals surface area contributed by atoms with Crippen LogP contribution in [0, 0.1) is 5.82 Å². The van der Waals surface area contributed by atoms with E-state index in [0.717, 1.165) is 30.0 Å². The second kappa shape index (κ2) is 9.37. The van der Waals surface area contributed by atoms with Gasteiger partial charge in [-0.2, -0.15) is 0 Å². The predicted molar refractivity (Wildman–Crippen MR) is 103 cm³/mol. The number of methoxy groups -OCH3 is 1. The fourth-order valence-corrected chi connectivity index (χ4v) is 3.37. The number of nitrogens with zero attached hydrogens (tertiary/aromatic N) is 1. The van der Waals surface area contributed by atoms with E-state index in [-0.39, 0.29) is 17.9 Å². The lowest BCUT2D eigenvalue weighted by molar-refractivity contribution is 0.220. The number of hydrogen-bond donors (Lipinski definition) is 2. The smallest absolute Gasteiger partial charge is 0.315 e. The molecule has 1 heterocycles. The van der Waals surface area contributed by atoms with E-state index >= 15 is 0 Å². The molecule has 1 saturated heterocycles. The Labute approximate surface area is 159 Å². The molecule has 0 aromatic heterocycles. The molecule has 0 aliphatic carbocycles. The van der Waals surface area contributed by atoms with Crippen molar-refractivity contribution < 1.29 is 13.9 Å². The van der Waals surface area contributed by atoms with E-state index in [0.29, 0.717) is 13.1 Å². The van der Waals surface area contributed by atoms with Crippen molar-refractivity contribution in [3.05, 3.63) is 65.5 Å². The lowest BCUT2D eigenvalue weighted by atomic mass is 10.1. The van der Waals surface area contributed by atoms with E-state index in [1.165, 1.54) is 25.0 Å². The van der Waals surface area contributed by atoms with Gasteiger partial charge in [0.1, 0.15) is 11.6 Å². The quantitative estimate of drug-likeness (QED) is 0.784. The first-order valence-electron chi connectivity index (χ1n) is 9.30. The van der Waals surface area contributed by atoms with E-state index in [1.807, 2.05) is 12.1 Å². The molecule has 3 rings (SSSR count). The standard InChI is InChI=1S/C21H26FN3O2/c1-27-19-10-6-17(7-11-19)20(25-12-2-3-13-25)15-24-21(26)23-14-16-4-8-18(22)9-5-16/h4-11,20H,2-3,12-15H2,1H3,(H2,23,24,26). The largest absolute Gasteiger partial charge is 0.497 e. The number of urea groups is 1. The molecule has 0 radical (unpaired) electrons. The molecule has 0 spiro atoms. The molecule has 1 atom stereocenters. The lowest BCUT2D eigenvalue weighted by Crippen LogP contribution is -2.41. The first-order chi connectivity index (χ1) is 13.2. The summed E-state index contributed by atoms with van der Waals surface area (Å²) in [5, 5.41) is 5.79. The zero-order chi connectivity index (χ0) is 19.1. The molecule has 1 fully saturated rings. The molecule has 5 nitrogen and oxygen atoms in total. The number of halogens is 1. The summed E-state index contributed by atoms with van der Waals surface area (Å²) < 4.78 is 18.2. The summed E-state index contributed by atoms with van der Waals surface area (Å²) in [6.07, 6.45) is 2.37. The highest BCUT2D eigenvalue weighted by Gasteiger charge is 2.24. The topological polar surface area (TPSA) is 53.6 Å². The molecule has 0 saturated carbocycles.